The molecule has 4 nitrogen and oxygen atoms in total. The highest BCUT2D eigenvalue weighted by Gasteiger charge is 2.30. The molecule has 0 spiro atoms. The largest absolute Gasteiger partial charge is 0.485 e. The van der Waals surface area contributed by atoms with E-state index in [0.717, 1.165) is 17.0 Å². The minimum atomic E-state index is -4.42. The predicted molar refractivity (Wildman–Crippen MR) is 109 cm³/mol. The van der Waals surface area contributed by atoms with E-state index in [1.807, 2.05) is 6.92 Å². The number of thiazole rings is 1. The first kappa shape index (κ1) is 23.5. The highest BCUT2D eigenvalue weighted by atomic mass is 32.1. The molecule has 0 radical (unpaired) electrons. The van der Waals surface area contributed by atoms with Crippen molar-refractivity contribution in [2.45, 2.75) is 39.2 Å². The van der Waals surface area contributed by atoms with Crippen LogP contribution in [0.15, 0.2) is 42.5 Å². The average Bonchev–Trinajstić information content (AvgIpc) is 3.12. The Bertz CT molecular complexity index is 1120. The van der Waals surface area contributed by atoms with Gasteiger partial charge in [0, 0.05) is 11.6 Å². The van der Waals surface area contributed by atoms with Crippen LogP contribution in [0.1, 0.15) is 41.1 Å². The molecule has 3 rings (SSSR count). The molecule has 32 heavy (non-hydrogen) atoms. The Kier molecular flexibility index (Phi) is 6.99. The fourth-order valence-corrected chi connectivity index (χ4v) is 4.16. The molecule has 168 valence electrons. The zero-order valence-corrected chi connectivity index (χ0v) is 17.7. The summed E-state index contributed by atoms with van der Waals surface area (Å²) in [4.78, 5) is 5.21. The number of ether oxygens (including phenoxy) is 2. The van der Waals surface area contributed by atoms with Crippen LogP contribution in [0.4, 0.5) is 22.0 Å². The molecule has 0 saturated carbocycles. The number of aromatic nitrogens is 1. The van der Waals surface area contributed by atoms with Gasteiger partial charge >= 0.3 is 12.8 Å². The van der Waals surface area contributed by atoms with Gasteiger partial charge in [-0.1, -0.05) is 19.1 Å². The highest BCUT2D eigenvalue weighted by molar-refractivity contribution is 7.15. The van der Waals surface area contributed by atoms with E-state index in [1.54, 1.807) is 13.0 Å². The summed E-state index contributed by atoms with van der Waals surface area (Å²) in [6.45, 7) is 0.534. The van der Waals surface area contributed by atoms with Crippen molar-refractivity contribution in [3.8, 4) is 28.1 Å². The molecule has 1 atom stereocenters. The second kappa shape index (κ2) is 9.53. The van der Waals surface area contributed by atoms with E-state index in [0.29, 0.717) is 22.7 Å². The molecular weight excluding hydrogens is 451 g/mol. The van der Waals surface area contributed by atoms with Gasteiger partial charge in [0.05, 0.1) is 21.7 Å². The SMILES string of the molecule is CCC(Oc1ccc(C#N)c(OC(F)F)c1)c1sc(-c2ccc(C(F)(F)F)cc2)nc1C. The fraction of sp³-hybridized carbons (Fsp3) is 0.273. The maximum absolute atomic E-state index is 12.8. The molecule has 0 aliphatic carbocycles. The van der Waals surface area contributed by atoms with E-state index in [-0.39, 0.29) is 17.1 Å². The Hall–Kier alpha value is -3.19. The average molecular weight is 468 g/mol. The zero-order valence-electron chi connectivity index (χ0n) is 16.9. The quantitative estimate of drug-likeness (QED) is 0.346. The van der Waals surface area contributed by atoms with Gasteiger partial charge in [-0.15, -0.1) is 11.3 Å². The molecule has 0 fully saturated rings. The van der Waals surface area contributed by atoms with E-state index < -0.39 is 24.5 Å². The van der Waals surface area contributed by atoms with E-state index >= 15 is 0 Å². The van der Waals surface area contributed by atoms with Crippen LogP contribution in [-0.4, -0.2) is 11.6 Å². The lowest BCUT2D eigenvalue weighted by molar-refractivity contribution is -0.137. The second-order valence-corrected chi connectivity index (χ2v) is 7.74. The van der Waals surface area contributed by atoms with Crippen LogP contribution in [0, 0.1) is 18.3 Å². The van der Waals surface area contributed by atoms with Crippen LogP contribution in [0.5, 0.6) is 11.5 Å². The standard InChI is InChI=1S/C22H17F5N2O2S/c1-3-17(30-16-9-6-14(11-28)18(10-16)31-21(23)24)19-12(2)29-20(32-19)13-4-7-15(8-5-13)22(25,26)27/h4-10,17,21H,3H2,1-2H3. The van der Waals surface area contributed by atoms with Gasteiger partial charge in [0.1, 0.15) is 28.7 Å². The number of nitriles is 1. The first-order valence-electron chi connectivity index (χ1n) is 9.43. The van der Waals surface area contributed by atoms with Crippen molar-refractivity contribution in [2.24, 2.45) is 0 Å². The zero-order chi connectivity index (χ0) is 23.5. The van der Waals surface area contributed by atoms with E-state index in [2.05, 4.69) is 9.72 Å². The van der Waals surface area contributed by atoms with E-state index in [4.69, 9.17) is 10.00 Å². The van der Waals surface area contributed by atoms with Gasteiger partial charge in [0.15, 0.2) is 0 Å². The Labute approximate surface area is 184 Å². The third-order valence-electron chi connectivity index (χ3n) is 4.52. The number of alkyl halides is 5. The Morgan fingerprint density at radius 1 is 1.09 bits per heavy atom. The van der Waals surface area contributed by atoms with Gasteiger partial charge in [-0.2, -0.15) is 27.2 Å². The summed E-state index contributed by atoms with van der Waals surface area (Å²) in [6.07, 6.45) is -4.39. The summed E-state index contributed by atoms with van der Waals surface area (Å²) >= 11 is 1.28. The lowest BCUT2D eigenvalue weighted by Gasteiger charge is -2.18. The van der Waals surface area contributed by atoms with Gasteiger partial charge in [0.2, 0.25) is 0 Å². The topological polar surface area (TPSA) is 55.1 Å². The molecule has 0 aliphatic heterocycles. The first-order valence-corrected chi connectivity index (χ1v) is 10.2. The van der Waals surface area contributed by atoms with E-state index in [9.17, 15) is 22.0 Å². The van der Waals surface area contributed by atoms with Crippen molar-refractivity contribution in [1.82, 2.24) is 4.98 Å². The lowest BCUT2D eigenvalue weighted by atomic mass is 10.1. The lowest BCUT2D eigenvalue weighted by Crippen LogP contribution is -2.07. The number of halogens is 5. The third kappa shape index (κ3) is 5.34. The monoisotopic (exact) mass is 468 g/mol. The second-order valence-electron chi connectivity index (χ2n) is 6.71. The molecule has 0 N–H and O–H groups in total. The number of rotatable bonds is 7. The van der Waals surface area contributed by atoms with Gasteiger partial charge in [0.25, 0.3) is 0 Å². The molecule has 0 bridgehead atoms. The number of benzene rings is 2. The maximum atomic E-state index is 12.8. The van der Waals surface area contributed by atoms with Crippen LogP contribution in [0.2, 0.25) is 0 Å². The summed E-state index contributed by atoms with van der Waals surface area (Å²) in [7, 11) is 0. The normalized spacial score (nSPS) is 12.5. The Balaban J connectivity index is 1.86. The minimum Gasteiger partial charge on any atom is -0.485 e. The number of aryl methyl sites for hydroxylation is 1. The molecule has 1 heterocycles. The van der Waals surface area contributed by atoms with Crippen LogP contribution in [-0.2, 0) is 6.18 Å². The van der Waals surface area contributed by atoms with Gasteiger partial charge in [-0.3, -0.25) is 0 Å². The maximum Gasteiger partial charge on any atom is 0.416 e. The summed E-state index contributed by atoms with van der Waals surface area (Å²) in [5.41, 5.74) is 0.393. The molecule has 0 aliphatic rings. The first-order chi connectivity index (χ1) is 15.1. The van der Waals surface area contributed by atoms with Gasteiger partial charge in [-0.25, -0.2) is 4.98 Å². The molecule has 0 amide bonds. The molecular formula is C22H17F5N2O2S. The van der Waals surface area contributed by atoms with Crippen molar-refractivity contribution in [3.05, 3.63) is 64.2 Å². The van der Waals surface area contributed by atoms with E-state index in [1.165, 1.54) is 41.7 Å². The van der Waals surface area contributed by atoms with Crippen LogP contribution in [0.25, 0.3) is 10.6 Å². The fourth-order valence-electron chi connectivity index (χ4n) is 2.98. The van der Waals surface area contributed by atoms with Crippen LogP contribution < -0.4 is 9.47 Å². The molecule has 10 heteroatoms. The molecule has 1 aromatic heterocycles. The summed E-state index contributed by atoms with van der Waals surface area (Å²) in [5.74, 6) is -0.0586. The van der Waals surface area contributed by atoms with Crippen molar-refractivity contribution in [1.29, 1.82) is 5.26 Å². The van der Waals surface area contributed by atoms with Crippen LogP contribution >= 0.6 is 11.3 Å². The van der Waals surface area contributed by atoms with Crippen LogP contribution in [0.3, 0.4) is 0 Å². The smallest absolute Gasteiger partial charge is 0.416 e. The minimum absolute atomic E-state index is 0.0516. The summed E-state index contributed by atoms with van der Waals surface area (Å²) in [5, 5.41) is 9.59. The number of hydrogen-bond donors (Lipinski definition) is 0. The molecule has 0 saturated heterocycles. The van der Waals surface area contributed by atoms with Crippen molar-refractivity contribution in [3.63, 3.8) is 0 Å². The summed E-state index contributed by atoms with van der Waals surface area (Å²) in [6, 6.07) is 10.5. The van der Waals surface area contributed by atoms with Gasteiger partial charge in [-0.05, 0) is 37.6 Å². The molecule has 1 unspecified atom stereocenters. The van der Waals surface area contributed by atoms with Crippen molar-refractivity contribution < 1.29 is 31.4 Å². The van der Waals surface area contributed by atoms with Crippen molar-refractivity contribution >= 4 is 11.3 Å². The number of hydrogen-bond acceptors (Lipinski definition) is 5. The van der Waals surface area contributed by atoms with Gasteiger partial charge < -0.3 is 9.47 Å². The Morgan fingerprint density at radius 3 is 2.34 bits per heavy atom. The number of nitrogens with zero attached hydrogens (tertiary/aromatic N) is 2. The predicted octanol–water partition coefficient (Wildman–Crippen LogP) is 7.14. The highest BCUT2D eigenvalue weighted by Crippen LogP contribution is 2.38. The third-order valence-corrected chi connectivity index (χ3v) is 5.82. The Morgan fingerprint density at radius 2 is 1.78 bits per heavy atom. The summed E-state index contributed by atoms with van der Waals surface area (Å²) < 4.78 is 74.0. The molecule has 3 aromatic rings. The molecule has 2 aromatic carbocycles. The van der Waals surface area contributed by atoms with Crippen molar-refractivity contribution in [2.75, 3.05) is 0 Å².